The summed E-state index contributed by atoms with van der Waals surface area (Å²) >= 11 is 0. The van der Waals surface area contributed by atoms with Gasteiger partial charge in [-0.25, -0.2) is 0 Å². The fourth-order valence-corrected chi connectivity index (χ4v) is 3.28. The molecule has 0 bridgehead atoms. The number of aliphatic hydroxyl groups excluding tert-OH is 1. The molecule has 0 spiro atoms. The standard InChI is InChI=1S/C21H24N2O4/c1-15-9-10-18-17(13-15)22(3)19(25)21(2,27-18)20(26)23(11-12-24)14-16-7-5-4-6-8-16/h4-10,13,24H,11-12,14H2,1-3H3. The Balaban J connectivity index is 1.93. The molecule has 0 saturated carbocycles. The van der Waals surface area contributed by atoms with E-state index < -0.39 is 17.4 Å². The molecule has 1 unspecified atom stereocenters. The van der Waals surface area contributed by atoms with E-state index in [0.717, 1.165) is 11.1 Å². The number of carbonyl (C=O) groups excluding carboxylic acids is 2. The van der Waals surface area contributed by atoms with Gasteiger partial charge in [-0.05, 0) is 37.1 Å². The van der Waals surface area contributed by atoms with Gasteiger partial charge in [0.1, 0.15) is 5.75 Å². The van der Waals surface area contributed by atoms with E-state index in [9.17, 15) is 14.7 Å². The molecule has 6 heteroatoms. The summed E-state index contributed by atoms with van der Waals surface area (Å²) in [4.78, 5) is 29.2. The first kappa shape index (κ1) is 18.9. The highest BCUT2D eigenvalue weighted by Gasteiger charge is 2.51. The van der Waals surface area contributed by atoms with E-state index in [1.165, 1.54) is 16.7 Å². The van der Waals surface area contributed by atoms with Crippen molar-refractivity contribution in [1.82, 2.24) is 4.90 Å². The first-order valence-corrected chi connectivity index (χ1v) is 8.89. The Morgan fingerprint density at radius 1 is 1.22 bits per heavy atom. The first-order valence-electron chi connectivity index (χ1n) is 8.89. The minimum Gasteiger partial charge on any atom is -0.465 e. The molecular formula is C21H24N2O4. The maximum Gasteiger partial charge on any atom is 0.280 e. The van der Waals surface area contributed by atoms with Crippen molar-refractivity contribution < 1.29 is 19.4 Å². The van der Waals surface area contributed by atoms with E-state index >= 15 is 0 Å². The molecule has 0 aliphatic carbocycles. The fraction of sp³-hybridized carbons (Fsp3) is 0.333. The van der Waals surface area contributed by atoms with E-state index in [1.54, 1.807) is 13.1 Å². The smallest absolute Gasteiger partial charge is 0.280 e. The zero-order valence-electron chi connectivity index (χ0n) is 15.8. The molecule has 6 nitrogen and oxygen atoms in total. The summed E-state index contributed by atoms with van der Waals surface area (Å²) in [5.74, 6) is -0.410. The zero-order chi connectivity index (χ0) is 19.6. The van der Waals surface area contributed by atoms with Gasteiger partial charge in [0.25, 0.3) is 17.4 Å². The van der Waals surface area contributed by atoms with Gasteiger partial charge >= 0.3 is 0 Å². The molecule has 27 heavy (non-hydrogen) atoms. The number of carbonyl (C=O) groups is 2. The molecular weight excluding hydrogens is 344 g/mol. The van der Waals surface area contributed by atoms with Crippen LogP contribution in [0.3, 0.4) is 0 Å². The number of ether oxygens (including phenoxy) is 1. The number of likely N-dealkylation sites (N-methyl/N-ethyl adjacent to an activating group) is 1. The lowest BCUT2D eigenvalue weighted by atomic mass is 9.98. The molecule has 1 aliphatic rings. The predicted octanol–water partition coefficient (Wildman–Crippen LogP) is 2.13. The van der Waals surface area contributed by atoms with E-state index in [2.05, 4.69) is 0 Å². The Bertz CT molecular complexity index is 853. The van der Waals surface area contributed by atoms with Crippen molar-refractivity contribution in [3.63, 3.8) is 0 Å². The summed E-state index contributed by atoms with van der Waals surface area (Å²) in [5.41, 5.74) is 0.872. The van der Waals surface area contributed by atoms with E-state index in [-0.39, 0.29) is 19.7 Å². The fourth-order valence-electron chi connectivity index (χ4n) is 3.28. The molecule has 1 heterocycles. The number of amides is 2. The van der Waals surface area contributed by atoms with Gasteiger partial charge in [0.15, 0.2) is 0 Å². The van der Waals surface area contributed by atoms with Crippen molar-refractivity contribution in [3.8, 4) is 5.75 Å². The first-order chi connectivity index (χ1) is 12.9. The Labute approximate surface area is 159 Å². The van der Waals surface area contributed by atoms with Gasteiger partial charge in [-0.3, -0.25) is 9.59 Å². The Hall–Kier alpha value is -2.86. The molecule has 1 aliphatic heterocycles. The highest BCUT2D eigenvalue weighted by Crippen LogP contribution is 2.38. The largest absolute Gasteiger partial charge is 0.465 e. The summed E-state index contributed by atoms with van der Waals surface area (Å²) < 4.78 is 5.92. The third kappa shape index (κ3) is 3.53. The van der Waals surface area contributed by atoms with Crippen LogP contribution in [-0.4, -0.2) is 47.6 Å². The zero-order valence-corrected chi connectivity index (χ0v) is 15.8. The lowest BCUT2D eigenvalue weighted by molar-refractivity contribution is -0.156. The topological polar surface area (TPSA) is 70.1 Å². The maximum atomic E-state index is 13.3. The minimum absolute atomic E-state index is 0.116. The van der Waals surface area contributed by atoms with Crippen LogP contribution in [0.2, 0.25) is 0 Å². The molecule has 0 radical (unpaired) electrons. The summed E-state index contributed by atoms with van der Waals surface area (Å²) in [5, 5.41) is 9.42. The van der Waals surface area contributed by atoms with Gasteiger partial charge in [0.05, 0.1) is 12.3 Å². The summed E-state index contributed by atoms with van der Waals surface area (Å²) in [6.45, 7) is 3.63. The number of aliphatic hydroxyl groups is 1. The molecule has 0 fully saturated rings. The predicted molar refractivity (Wildman–Crippen MR) is 103 cm³/mol. The number of benzene rings is 2. The number of rotatable bonds is 5. The Morgan fingerprint density at radius 3 is 2.59 bits per heavy atom. The molecule has 3 rings (SSSR count). The molecule has 2 aromatic carbocycles. The molecule has 2 amide bonds. The van der Waals surface area contributed by atoms with Crippen molar-refractivity contribution in [2.24, 2.45) is 0 Å². The van der Waals surface area contributed by atoms with Gasteiger partial charge in [-0.1, -0.05) is 36.4 Å². The van der Waals surface area contributed by atoms with Crippen molar-refractivity contribution in [2.75, 3.05) is 25.1 Å². The molecule has 142 valence electrons. The highest BCUT2D eigenvalue weighted by molar-refractivity contribution is 6.16. The molecule has 2 aromatic rings. The summed E-state index contributed by atoms with van der Waals surface area (Å²) in [7, 11) is 1.64. The third-order valence-corrected chi connectivity index (χ3v) is 4.78. The average molecular weight is 368 g/mol. The third-order valence-electron chi connectivity index (χ3n) is 4.78. The van der Waals surface area contributed by atoms with Gasteiger partial charge in [-0.15, -0.1) is 0 Å². The molecule has 1 atom stereocenters. The highest BCUT2D eigenvalue weighted by atomic mass is 16.5. The van der Waals surface area contributed by atoms with Gasteiger partial charge in [0.2, 0.25) is 0 Å². The van der Waals surface area contributed by atoms with Gasteiger partial charge in [-0.2, -0.15) is 0 Å². The Kier molecular flexibility index (Phi) is 5.19. The van der Waals surface area contributed by atoms with Crippen LogP contribution in [0.5, 0.6) is 5.75 Å². The van der Waals surface area contributed by atoms with Crippen molar-refractivity contribution in [3.05, 3.63) is 59.7 Å². The second-order valence-corrected chi connectivity index (χ2v) is 6.91. The molecule has 1 N–H and O–H groups in total. The normalized spacial score (nSPS) is 18.7. The molecule has 0 aromatic heterocycles. The lowest BCUT2D eigenvalue weighted by Gasteiger charge is -2.40. The van der Waals surface area contributed by atoms with Crippen molar-refractivity contribution in [1.29, 1.82) is 0 Å². The van der Waals surface area contributed by atoms with Crippen LogP contribution in [0, 0.1) is 6.92 Å². The van der Waals surface area contributed by atoms with Crippen LogP contribution < -0.4 is 9.64 Å². The van der Waals surface area contributed by atoms with E-state index in [4.69, 9.17) is 4.74 Å². The van der Waals surface area contributed by atoms with Crippen LogP contribution >= 0.6 is 0 Å². The number of aryl methyl sites for hydroxylation is 1. The van der Waals surface area contributed by atoms with Gasteiger partial charge < -0.3 is 19.6 Å². The summed E-state index contributed by atoms with van der Waals surface area (Å²) in [6.07, 6.45) is 0. The second-order valence-electron chi connectivity index (χ2n) is 6.91. The van der Waals surface area contributed by atoms with Crippen LogP contribution in [0.25, 0.3) is 0 Å². The number of hydrogen-bond donors (Lipinski definition) is 1. The van der Waals surface area contributed by atoms with E-state index in [0.29, 0.717) is 11.4 Å². The van der Waals surface area contributed by atoms with Crippen molar-refractivity contribution in [2.45, 2.75) is 26.0 Å². The van der Waals surface area contributed by atoms with Crippen LogP contribution in [-0.2, 0) is 16.1 Å². The minimum atomic E-state index is -1.68. The van der Waals surface area contributed by atoms with Crippen molar-refractivity contribution >= 4 is 17.5 Å². The SMILES string of the molecule is Cc1ccc2c(c1)N(C)C(=O)C(C)(C(=O)N(CCO)Cc1ccccc1)O2. The number of anilines is 1. The maximum absolute atomic E-state index is 13.3. The monoisotopic (exact) mass is 368 g/mol. The molecule has 0 saturated heterocycles. The quantitative estimate of drug-likeness (QED) is 0.821. The lowest BCUT2D eigenvalue weighted by Crippen LogP contribution is -2.62. The van der Waals surface area contributed by atoms with Gasteiger partial charge in [0, 0.05) is 20.1 Å². The number of fused-ring (bicyclic) bond motifs is 1. The van der Waals surface area contributed by atoms with Crippen LogP contribution in [0.15, 0.2) is 48.5 Å². The second kappa shape index (κ2) is 7.40. The average Bonchev–Trinajstić information content (AvgIpc) is 2.67. The van der Waals surface area contributed by atoms with Crippen LogP contribution in [0.1, 0.15) is 18.1 Å². The number of nitrogens with zero attached hydrogens (tertiary/aromatic N) is 2. The summed E-state index contributed by atoms with van der Waals surface area (Å²) in [6, 6.07) is 15.0. The Morgan fingerprint density at radius 2 is 1.93 bits per heavy atom. The van der Waals surface area contributed by atoms with Crippen LogP contribution in [0.4, 0.5) is 5.69 Å². The number of hydrogen-bond acceptors (Lipinski definition) is 4. The van der Waals surface area contributed by atoms with E-state index in [1.807, 2.05) is 49.4 Å².